The zero-order chi connectivity index (χ0) is 14.3. The Kier molecular flexibility index (Phi) is 3.36. The number of hydrogen-bond donors (Lipinski definition) is 1. The molecule has 4 nitrogen and oxygen atoms in total. The van der Waals surface area contributed by atoms with Crippen molar-refractivity contribution in [2.24, 2.45) is 0 Å². The van der Waals surface area contributed by atoms with Crippen LogP contribution in [0.4, 0.5) is 5.82 Å². The van der Waals surface area contributed by atoms with E-state index in [-0.39, 0.29) is 6.61 Å². The minimum absolute atomic E-state index is 0.101. The second-order valence-electron chi connectivity index (χ2n) is 5.14. The molecule has 0 spiro atoms. The molecule has 0 saturated carbocycles. The number of aliphatic hydroxyl groups is 1. The van der Waals surface area contributed by atoms with Crippen LogP contribution in [0.25, 0.3) is 16.3 Å². The number of anilines is 1. The van der Waals surface area contributed by atoms with Crippen molar-refractivity contribution in [3.63, 3.8) is 0 Å². The van der Waals surface area contributed by atoms with E-state index in [0.717, 1.165) is 28.7 Å². The molecule has 2 aromatic rings. The van der Waals surface area contributed by atoms with Gasteiger partial charge in [0.15, 0.2) is 0 Å². The number of rotatable bonds is 3. The number of halogens is 1. The van der Waals surface area contributed by atoms with Crippen LogP contribution in [0.3, 0.4) is 0 Å². The number of pyridine rings is 2. The summed E-state index contributed by atoms with van der Waals surface area (Å²) in [4.78, 5) is 11.0. The van der Waals surface area contributed by atoms with Gasteiger partial charge in [-0.1, -0.05) is 18.2 Å². The molecule has 1 atom stereocenters. The van der Waals surface area contributed by atoms with Crippen molar-refractivity contribution in [2.75, 3.05) is 18.1 Å². The highest BCUT2D eigenvalue weighted by atomic mass is 35.5. The van der Waals surface area contributed by atoms with Crippen molar-refractivity contribution < 1.29 is 5.11 Å². The first-order valence-corrected chi connectivity index (χ1v) is 6.99. The summed E-state index contributed by atoms with van der Waals surface area (Å²) >= 11 is 6.01. The Morgan fingerprint density at radius 3 is 2.85 bits per heavy atom. The number of fused-ring (bicyclic) bond motifs is 1. The Hall–Kier alpha value is -1.65. The quantitative estimate of drug-likeness (QED) is 0.883. The smallest absolute Gasteiger partial charge is 0.138 e. The van der Waals surface area contributed by atoms with Crippen LogP contribution in [0.5, 0.6) is 0 Å². The van der Waals surface area contributed by atoms with Crippen LogP contribution in [-0.4, -0.2) is 34.3 Å². The van der Waals surface area contributed by atoms with E-state index >= 15 is 0 Å². The summed E-state index contributed by atoms with van der Waals surface area (Å²) in [5.41, 5.74) is 1.46. The second-order valence-corrected chi connectivity index (χ2v) is 5.53. The Morgan fingerprint density at radius 2 is 2.25 bits per heavy atom. The van der Waals surface area contributed by atoms with Crippen LogP contribution >= 0.6 is 11.6 Å². The summed E-state index contributed by atoms with van der Waals surface area (Å²) in [5, 5.41) is 11.6. The van der Waals surface area contributed by atoms with Crippen molar-refractivity contribution in [3.8, 4) is 0 Å². The highest BCUT2D eigenvalue weighted by Gasteiger charge is 2.27. The maximum absolute atomic E-state index is 9.31. The fourth-order valence-corrected chi connectivity index (χ4v) is 2.68. The molecule has 3 heterocycles. The summed E-state index contributed by atoms with van der Waals surface area (Å²) in [6.07, 6.45) is 4.69. The molecule has 0 aromatic carbocycles. The van der Waals surface area contributed by atoms with Crippen LogP contribution in [0.15, 0.2) is 25.0 Å². The van der Waals surface area contributed by atoms with Crippen LogP contribution < -0.4 is 4.90 Å². The molecular formula is C15H16ClN3O. The van der Waals surface area contributed by atoms with Crippen molar-refractivity contribution >= 4 is 33.8 Å². The van der Waals surface area contributed by atoms with Gasteiger partial charge in [0.2, 0.25) is 0 Å². The molecule has 1 saturated heterocycles. The molecule has 104 valence electrons. The zero-order valence-corrected chi connectivity index (χ0v) is 12.1. The van der Waals surface area contributed by atoms with Gasteiger partial charge in [-0.25, -0.2) is 9.97 Å². The predicted octanol–water partition coefficient (Wildman–Crippen LogP) is 2.89. The van der Waals surface area contributed by atoms with Crippen molar-refractivity contribution in [3.05, 3.63) is 35.8 Å². The molecule has 0 bridgehead atoms. The van der Waals surface area contributed by atoms with E-state index in [1.54, 1.807) is 12.4 Å². The molecule has 3 rings (SSSR count). The maximum atomic E-state index is 9.31. The van der Waals surface area contributed by atoms with Crippen molar-refractivity contribution in [1.82, 2.24) is 9.97 Å². The Labute approximate surface area is 122 Å². The standard InChI is InChI=1S/C15H16ClN3O/c1-9(8-20)12-6-18-15(19-4-3-10(19)2)13-7-17-14(16)5-11(12)13/h5-7,10,20H,1,3-4,8H2,2H3. The fraction of sp³-hybridized carbons (Fsp3) is 0.333. The lowest BCUT2D eigenvalue weighted by molar-refractivity contribution is 0.350. The summed E-state index contributed by atoms with van der Waals surface area (Å²) in [6.45, 7) is 6.97. The minimum atomic E-state index is -0.101. The van der Waals surface area contributed by atoms with Gasteiger partial charge in [0.1, 0.15) is 11.0 Å². The van der Waals surface area contributed by atoms with E-state index in [9.17, 15) is 5.11 Å². The van der Waals surface area contributed by atoms with Gasteiger partial charge in [0.25, 0.3) is 0 Å². The highest BCUT2D eigenvalue weighted by molar-refractivity contribution is 6.30. The Balaban J connectivity index is 2.22. The molecule has 5 heteroatoms. The SMILES string of the molecule is C=C(CO)c1cnc(N2CCC2C)c2cnc(Cl)cc12. The molecule has 0 radical (unpaired) electrons. The number of hydrogen-bond acceptors (Lipinski definition) is 4. The van der Waals surface area contributed by atoms with Gasteiger partial charge < -0.3 is 10.0 Å². The summed E-state index contributed by atoms with van der Waals surface area (Å²) in [7, 11) is 0. The molecule has 20 heavy (non-hydrogen) atoms. The number of aromatic nitrogens is 2. The highest BCUT2D eigenvalue weighted by Crippen LogP contribution is 2.34. The molecule has 1 unspecified atom stereocenters. The summed E-state index contributed by atoms with van der Waals surface area (Å²) in [5.74, 6) is 0.928. The van der Waals surface area contributed by atoms with Gasteiger partial charge in [-0.05, 0) is 30.4 Å². The van der Waals surface area contributed by atoms with Gasteiger partial charge in [0.05, 0.1) is 6.61 Å². The molecule has 1 aliphatic heterocycles. The first-order chi connectivity index (χ1) is 9.61. The second kappa shape index (κ2) is 5.04. The van der Waals surface area contributed by atoms with E-state index in [1.807, 2.05) is 6.07 Å². The lowest BCUT2D eigenvalue weighted by Gasteiger charge is -2.40. The molecule has 2 aromatic heterocycles. The van der Waals surface area contributed by atoms with E-state index in [1.165, 1.54) is 6.42 Å². The monoisotopic (exact) mass is 289 g/mol. The molecular weight excluding hydrogens is 274 g/mol. The number of aliphatic hydroxyl groups excluding tert-OH is 1. The fourth-order valence-electron chi connectivity index (χ4n) is 2.52. The van der Waals surface area contributed by atoms with Gasteiger partial charge >= 0.3 is 0 Å². The topological polar surface area (TPSA) is 49.3 Å². The van der Waals surface area contributed by atoms with Gasteiger partial charge in [-0.3, -0.25) is 0 Å². The van der Waals surface area contributed by atoms with Crippen LogP contribution in [-0.2, 0) is 0 Å². The molecule has 1 fully saturated rings. The third kappa shape index (κ3) is 2.05. The number of nitrogens with zero attached hydrogens (tertiary/aromatic N) is 3. The van der Waals surface area contributed by atoms with E-state index in [0.29, 0.717) is 16.8 Å². The van der Waals surface area contributed by atoms with Gasteiger partial charge in [0, 0.05) is 35.9 Å². The largest absolute Gasteiger partial charge is 0.392 e. The van der Waals surface area contributed by atoms with E-state index in [4.69, 9.17) is 11.6 Å². The normalized spacial score (nSPS) is 18.1. The molecule has 0 aliphatic carbocycles. The van der Waals surface area contributed by atoms with Crippen LogP contribution in [0, 0.1) is 0 Å². The first-order valence-electron chi connectivity index (χ1n) is 6.61. The predicted molar refractivity (Wildman–Crippen MR) is 82.1 cm³/mol. The van der Waals surface area contributed by atoms with Gasteiger partial charge in [-0.2, -0.15) is 0 Å². The summed E-state index contributed by atoms with van der Waals surface area (Å²) in [6, 6.07) is 2.30. The van der Waals surface area contributed by atoms with Crippen LogP contribution in [0.2, 0.25) is 5.15 Å². The van der Waals surface area contributed by atoms with E-state index < -0.39 is 0 Å². The Morgan fingerprint density at radius 1 is 1.45 bits per heavy atom. The minimum Gasteiger partial charge on any atom is -0.392 e. The molecule has 1 aliphatic rings. The lowest BCUT2D eigenvalue weighted by atomic mass is 10.0. The Bertz CT molecular complexity index is 686. The average Bonchev–Trinajstić information content (AvgIpc) is 2.44. The van der Waals surface area contributed by atoms with Gasteiger partial charge in [-0.15, -0.1) is 0 Å². The van der Waals surface area contributed by atoms with Crippen LogP contribution in [0.1, 0.15) is 18.9 Å². The first kappa shape index (κ1) is 13.3. The van der Waals surface area contributed by atoms with Crippen molar-refractivity contribution in [2.45, 2.75) is 19.4 Å². The third-order valence-electron chi connectivity index (χ3n) is 3.88. The lowest BCUT2D eigenvalue weighted by Crippen LogP contribution is -2.46. The third-order valence-corrected chi connectivity index (χ3v) is 4.09. The summed E-state index contributed by atoms with van der Waals surface area (Å²) < 4.78 is 0. The maximum Gasteiger partial charge on any atom is 0.138 e. The van der Waals surface area contributed by atoms with Crippen molar-refractivity contribution in [1.29, 1.82) is 0 Å². The zero-order valence-electron chi connectivity index (χ0n) is 11.3. The molecule has 1 N–H and O–H groups in total. The molecule has 0 amide bonds. The van der Waals surface area contributed by atoms with E-state index in [2.05, 4.69) is 28.4 Å². The average molecular weight is 290 g/mol.